The van der Waals surface area contributed by atoms with Gasteiger partial charge in [-0.2, -0.15) is 13.2 Å². The minimum absolute atomic E-state index is 0.0717. The molecule has 0 fully saturated rings. The molecule has 0 heterocycles. The van der Waals surface area contributed by atoms with Gasteiger partial charge in [0.05, 0.1) is 17.7 Å². The summed E-state index contributed by atoms with van der Waals surface area (Å²) in [5.41, 5.74) is 0.328. The topological polar surface area (TPSA) is 84.9 Å². The summed E-state index contributed by atoms with van der Waals surface area (Å²) in [6.07, 6.45) is -4.50. The van der Waals surface area contributed by atoms with Crippen molar-refractivity contribution in [3.63, 3.8) is 0 Å². The summed E-state index contributed by atoms with van der Waals surface area (Å²) in [6, 6.07) is 11.6. The number of alkyl halides is 3. The third kappa shape index (κ3) is 6.28. The Bertz CT molecular complexity index is 929. The lowest BCUT2D eigenvalue weighted by Gasteiger charge is -2.20. The summed E-state index contributed by atoms with van der Waals surface area (Å²) < 4.78 is 72.7. The molecule has 0 radical (unpaired) electrons. The van der Waals surface area contributed by atoms with E-state index in [1.54, 1.807) is 5.32 Å². The van der Waals surface area contributed by atoms with Crippen LogP contribution >= 0.6 is 0 Å². The molecule has 0 saturated carbocycles. The molecule has 0 aliphatic heterocycles. The summed E-state index contributed by atoms with van der Waals surface area (Å²) in [4.78, 5) is 11.4. The van der Waals surface area contributed by atoms with Crippen LogP contribution in [0.3, 0.4) is 0 Å². The number of benzene rings is 2. The van der Waals surface area contributed by atoms with Crippen LogP contribution in [0.15, 0.2) is 53.4 Å². The first kappa shape index (κ1) is 22.3. The fourth-order valence-corrected chi connectivity index (χ4v) is 3.39. The third-order valence-electron chi connectivity index (χ3n) is 3.77. The van der Waals surface area contributed by atoms with Crippen molar-refractivity contribution in [1.82, 2.24) is 5.32 Å². The third-order valence-corrected chi connectivity index (χ3v) is 5.57. The molecular formula is C18H19F3N2O5S. The number of nitrogens with one attached hydrogen (secondary N) is 1. The van der Waals surface area contributed by atoms with Crippen molar-refractivity contribution in [2.45, 2.75) is 11.1 Å². The van der Waals surface area contributed by atoms with Gasteiger partial charge in [0.25, 0.3) is 15.9 Å². The van der Waals surface area contributed by atoms with E-state index < -0.39 is 35.3 Å². The average molecular weight is 432 g/mol. The lowest BCUT2D eigenvalue weighted by Crippen LogP contribution is -2.36. The van der Waals surface area contributed by atoms with Gasteiger partial charge in [-0.15, -0.1) is 0 Å². The normalized spacial score (nSPS) is 11.6. The van der Waals surface area contributed by atoms with Crippen LogP contribution in [0.2, 0.25) is 0 Å². The maximum atomic E-state index is 12.7. The molecule has 2 aromatic carbocycles. The monoisotopic (exact) mass is 432 g/mol. The zero-order valence-electron chi connectivity index (χ0n) is 15.6. The quantitative estimate of drug-likeness (QED) is 0.693. The van der Waals surface area contributed by atoms with Crippen molar-refractivity contribution in [2.75, 3.05) is 31.6 Å². The standard InChI is InChI=1S/C18H19F3N2O5S/c1-23(29(25,26)16-9-7-14(27-2)8-10-16)13-3-5-15(6-4-13)28-11-17(24)22-12-18(19,20)21/h3-10H,11-12H2,1-2H3,(H,22,24). The smallest absolute Gasteiger partial charge is 0.405 e. The van der Waals surface area contributed by atoms with Crippen LogP contribution in [-0.4, -0.2) is 47.8 Å². The van der Waals surface area contributed by atoms with Crippen molar-refractivity contribution >= 4 is 21.6 Å². The molecule has 2 aromatic rings. The second kappa shape index (κ2) is 9.03. The summed E-state index contributed by atoms with van der Waals surface area (Å²) in [6.45, 7) is -2.04. The minimum Gasteiger partial charge on any atom is -0.497 e. The van der Waals surface area contributed by atoms with Gasteiger partial charge in [0.2, 0.25) is 0 Å². The Labute approximate surface area is 166 Å². The number of carbonyl (C=O) groups is 1. The average Bonchev–Trinajstić information content (AvgIpc) is 2.70. The van der Waals surface area contributed by atoms with Crippen LogP contribution in [0.1, 0.15) is 0 Å². The van der Waals surface area contributed by atoms with Crippen molar-refractivity contribution < 1.29 is 35.9 Å². The molecule has 0 saturated heterocycles. The van der Waals surface area contributed by atoms with Gasteiger partial charge in [-0.1, -0.05) is 0 Å². The number of sulfonamides is 1. The van der Waals surface area contributed by atoms with Crippen molar-refractivity contribution in [3.05, 3.63) is 48.5 Å². The second-order valence-corrected chi connectivity index (χ2v) is 7.79. The predicted molar refractivity (Wildman–Crippen MR) is 99.6 cm³/mol. The molecule has 11 heteroatoms. The van der Waals surface area contributed by atoms with Gasteiger partial charge in [-0.3, -0.25) is 9.10 Å². The van der Waals surface area contributed by atoms with Gasteiger partial charge < -0.3 is 14.8 Å². The van der Waals surface area contributed by atoms with Crippen LogP contribution in [-0.2, 0) is 14.8 Å². The highest BCUT2D eigenvalue weighted by atomic mass is 32.2. The first-order valence-corrected chi connectivity index (χ1v) is 9.66. The lowest BCUT2D eigenvalue weighted by atomic mass is 10.3. The number of halogens is 3. The van der Waals surface area contributed by atoms with Crippen molar-refractivity contribution in [3.8, 4) is 11.5 Å². The zero-order valence-corrected chi connectivity index (χ0v) is 16.4. The molecule has 0 unspecified atom stereocenters. The summed E-state index contributed by atoms with van der Waals surface area (Å²) in [5.74, 6) is -0.205. The maximum Gasteiger partial charge on any atom is 0.405 e. The van der Waals surface area contributed by atoms with E-state index in [2.05, 4.69) is 0 Å². The highest BCUT2D eigenvalue weighted by Gasteiger charge is 2.27. The predicted octanol–water partition coefficient (Wildman–Crippen LogP) is 2.58. The highest BCUT2D eigenvalue weighted by molar-refractivity contribution is 7.92. The Morgan fingerprint density at radius 2 is 1.59 bits per heavy atom. The van der Waals surface area contributed by atoms with E-state index in [-0.39, 0.29) is 10.6 Å². The van der Waals surface area contributed by atoms with Crippen molar-refractivity contribution in [1.29, 1.82) is 0 Å². The van der Waals surface area contributed by atoms with Crippen molar-refractivity contribution in [2.24, 2.45) is 0 Å². The first-order valence-electron chi connectivity index (χ1n) is 8.22. The Kier molecular flexibility index (Phi) is 6.96. The van der Waals surface area contributed by atoms with E-state index in [4.69, 9.17) is 9.47 Å². The lowest BCUT2D eigenvalue weighted by molar-refractivity contribution is -0.139. The first-order chi connectivity index (χ1) is 13.5. The van der Waals surface area contributed by atoms with Gasteiger partial charge in [0, 0.05) is 7.05 Å². The van der Waals surface area contributed by atoms with E-state index >= 15 is 0 Å². The molecule has 1 amide bonds. The summed E-state index contributed by atoms with van der Waals surface area (Å²) >= 11 is 0. The van der Waals surface area contributed by atoms with Crippen LogP contribution in [0.5, 0.6) is 11.5 Å². The number of anilines is 1. The molecule has 2 rings (SSSR count). The minimum atomic E-state index is -4.50. The molecule has 158 valence electrons. The SMILES string of the molecule is COc1ccc(S(=O)(=O)N(C)c2ccc(OCC(=O)NCC(F)(F)F)cc2)cc1. The van der Waals surface area contributed by atoms with Gasteiger partial charge in [0.15, 0.2) is 6.61 Å². The van der Waals surface area contributed by atoms with Gasteiger partial charge in [-0.05, 0) is 48.5 Å². The number of hydrogen-bond acceptors (Lipinski definition) is 5. The molecule has 1 N–H and O–H groups in total. The maximum absolute atomic E-state index is 12.7. The highest BCUT2D eigenvalue weighted by Crippen LogP contribution is 2.25. The molecular weight excluding hydrogens is 413 g/mol. The Morgan fingerprint density at radius 1 is 1.03 bits per heavy atom. The number of amides is 1. The van der Waals surface area contributed by atoms with Gasteiger partial charge in [-0.25, -0.2) is 8.42 Å². The Morgan fingerprint density at radius 3 is 2.10 bits per heavy atom. The largest absolute Gasteiger partial charge is 0.497 e. The molecule has 0 bridgehead atoms. The molecule has 7 nitrogen and oxygen atoms in total. The molecule has 0 spiro atoms. The van der Waals surface area contributed by atoms with E-state index in [0.717, 1.165) is 4.31 Å². The van der Waals surface area contributed by atoms with Gasteiger partial charge in [0.1, 0.15) is 18.0 Å². The number of hydrogen-bond donors (Lipinski definition) is 1. The molecule has 0 aromatic heterocycles. The molecule has 0 aliphatic rings. The van der Waals surface area contributed by atoms with Crippen LogP contribution in [0.25, 0.3) is 0 Å². The van der Waals surface area contributed by atoms with E-state index in [0.29, 0.717) is 11.4 Å². The van der Waals surface area contributed by atoms with Crippen LogP contribution in [0.4, 0.5) is 18.9 Å². The zero-order chi connectivity index (χ0) is 21.7. The second-order valence-electron chi connectivity index (χ2n) is 5.82. The van der Waals surface area contributed by atoms with Gasteiger partial charge >= 0.3 is 6.18 Å². The van der Waals surface area contributed by atoms with Crippen LogP contribution in [0, 0.1) is 0 Å². The number of methoxy groups -OCH3 is 1. The molecule has 0 atom stereocenters. The number of carbonyl (C=O) groups excluding carboxylic acids is 1. The molecule has 29 heavy (non-hydrogen) atoms. The fraction of sp³-hybridized carbons (Fsp3) is 0.278. The Hall–Kier alpha value is -2.95. The van der Waals surface area contributed by atoms with Crippen LogP contribution < -0.4 is 19.1 Å². The summed E-state index contributed by atoms with van der Waals surface area (Å²) in [7, 11) is -0.964. The van der Waals surface area contributed by atoms with E-state index in [1.807, 2.05) is 0 Å². The number of rotatable bonds is 8. The van der Waals surface area contributed by atoms with E-state index in [9.17, 15) is 26.4 Å². The Balaban J connectivity index is 2.00. The van der Waals surface area contributed by atoms with E-state index in [1.165, 1.54) is 62.7 Å². The fourth-order valence-electron chi connectivity index (χ4n) is 2.20. The molecule has 0 aliphatic carbocycles. The number of nitrogens with zero attached hydrogens (tertiary/aromatic N) is 1. The summed E-state index contributed by atoms with van der Waals surface area (Å²) in [5, 5.41) is 1.68. The number of ether oxygens (including phenoxy) is 2.